The first-order valence-corrected chi connectivity index (χ1v) is 10.7. The molecule has 0 amide bonds. The lowest BCUT2D eigenvalue weighted by molar-refractivity contribution is -0.134. The monoisotopic (exact) mass is 443 g/mol. The number of azo groups is 1. The van der Waals surface area contributed by atoms with Crippen molar-refractivity contribution in [1.82, 2.24) is 4.98 Å². The molecule has 1 aromatic carbocycles. The molecule has 1 aromatic heterocycles. The lowest BCUT2D eigenvalue weighted by atomic mass is 9.98. The smallest absolute Gasteiger partial charge is 0.311 e. The first-order valence-electron chi connectivity index (χ1n) is 9.29. The topological polar surface area (TPSA) is 166 Å². The number of nitrogens with zero attached hydrogens (tertiary/aromatic N) is 5. The minimum Gasteiger partial charge on any atom is -0.424 e. The average Bonchev–Trinajstić information content (AvgIpc) is 2.75. The molecule has 2 atom stereocenters. The number of aromatic nitrogens is 1. The molecule has 0 aliphatic carbocycles. The van der Waals surface area contributed by atoms with Gasteiger partial charge in [-0.25, -0.2) is 0 Å². The summed E-state index contributed by atoms with van der Waals surface area (Å²) in [6.07, 6.45) is 1.61. The first kappa shape index (κ1) is 23.9. The average molecular weight is 443 g/mol. The highest BCUT2D eigenvalue weighted by molar-refractivity contribution is 7.86. The van der Waals surface area contributed by atoms with E-state index in [-0.39, 0.29) is 34.4 Å². The fourth-order valence-corrected chi connectivity index (χ4v) is 3.15. The van der Waals surface area contributed by atoms with E-state index in [1.807, 2.05) is 12.1 Å². The minimum absolute atomic E-state index is 0.00841. The van der Waals surface area contributed by atoms with Gasteiger partial charge in [0.25, 0.3) is 10.1 Å². The van der Waals surface area contributed by atoms with E-state index in [4.69, 9.17) is 4.74 Å². The van der Waals surface area contributed by atoms with Crippen LogP contribution < -0.4 is 4.74 Å². The number of fused-ring (bicyclic) bond motifs is 1. The number of nitriles is 2. The molecule has 2 unspecified atom stereocenters. The van der Waals surface area contributed by atoms with Crippen molar-refractivity contribution in [2.24, 2.45) is 10.2 Å². The number of esters is 1. The van der Waals surface area contributed by atoms with Crippen LogP contribution in [0.25, 0.3) is 10.9 Å². The van der Waals surface area contributed by atoms with Crippen LogP contribution in [-0.2, 0) is 14.9 Å². The normalized spacial score (nSPS) is 15.5. The van der Waals surface area contributed by atoms with Crippen molar-refractivity contribution in [2.75, 3.05) is 0 Å². The maximum absolute atomic E-state index is 12.4. The van der Waals surface area contributed by atoms with Gasteiger partial charge in [0.2, 0.25) is 0 Å². The van der Waals surface area contributed by atoms with Gasteiger partial charge in [0.1, 0.15) is 10.4 Å². The zero-order chi connectivity index (χ0) is 23.3. The zero-order valence-corrected chi connectivity index (χ0v) is 18.0. The Hall–Kier alpha value is -3.41. The molecule has 10 nitrogen and oxygen atoms in total. The van der Waals surface area contributed by atoms with E-state index >= 15 is 0 Å². The summed E-state index contributed by atoms with van der Waals surface area (Å²) < 4.78 is 37.8. The summed E-state index contributed by atoms with van der Waals surface area (Å²) in [6.45, 7) is 4.86. The van der Waals surface area contributed by atoms with Crippen LogP contribution in [0.2, 0.25) is 0 Å². The SMILES string of the molecule is CCC(C)(C#N)N=NC(C)(C#N)CCC(=O)Oc1ccc(S(=O)(=O)O)c2cccnc12. The van der Waals surface area contributed by atoms with E-state index < -0.39 is 27.2 Å². The van der Waals surface area contributed by atoms with Crippen LogP contribution in [0.15, 0.2) is 45.6 Å². The van der Waals surface area contributed by atoms with Gasteiger partial charge in [0, 0.05) is 18.0 Å². The predicted octanol–water partition coefficient (Wildman–Crippen LogP) is 3.59. The van der Waals surface area contributed by atoms with Gasteiger partial charge < -0.3 is 4.74 Å². The maximum Gasteiger partial charge on any atom is 0.311 e. The fraction of sp³-hybridized carbons (Fsp3) is 0.400. The molecule has 0 aliphatic heterocycles. The molecule has 0 saturated carbocycles. The second-order valence-electron chi connectivity index (χ2n) is 7.24. The lowest BCUT2D eigenvalue weighted by Crippen LogP contribution is -2.24. The summed E-state index contributed by atoms with van der Waals surface area (Å²) in [5.41, 5.74) is -2.30. The largest absolute Gasteiger partial charge is 0.424 e. The number of pyridine rings is 1. The molecule has 1 heterocycles. The van der Waals surface area contributed by atoms with Crippen LogP contribution in [0.4, 0.5) is 0 Å². The third-order valence-electron chi connectivity index (χ3n) is 4.67. The molecular formula is C20H21N5O5S. The van der Waals surface area contributed by atoms with Gasteiger partial charge in [0.15, 0.2) is 16.8 Å². The van der Waals surface area contributed by atoms with Crippen LogP contribution in [0.1, 0.15) is 40.0 Å². The molecule has 0 aliphatic rings. The number of hydrogen-bond donors (Lipinski definition) is 1. The van der Waals surface area contributed by atoms with Crippen LogP contribution in [0.5, 0.6) is 5.75 Å². The molecule has 11 heteroatoms. The summed E-state index contributed by atoms with van der Waals surface area (Å²) in [4.78, 5) is 16.0. The highest BCUT2D eigenvalue weighted by Gasteiger charge is 2.28. The number of carbonyl (C=O) groups excluding carboxylic acids is 1. The van der Waals surface area contributed by atoms with Crippen molar-refractivity contribution in [1.29, 1.82) is 10.5 Å². The van der Waals surface area contributed by atoms with Crippen molar-refractivity contribution in [3.8, 4) is 17.9 Å². The van der Waals surface area contributed by atoms with Crippen LogP contribution in [-0.4, -0.2) is 35.0 Å². The van der Waals surface area contributed by atoms with Crippen LogP contribution in [0.3, 0.4) is 0 Å². The van der Waals surface area contributed by atoms with E-state index in [2.05, 4.69) is 15.2 Å². The molecule has 2 aromatic rings. The number of carbonyl (C=O) groups is 1. The summed E-state index contributed by atoms with van der Waals surface area (Å²) >= 11 is 0. The summed E-state index contributed by atoms with van der Waals surface area (Å²) in [5, 5.41) is 26.7. The molecule has 1 N–H and O–H groups in total. The lowest BCUT2D eigenvalue weighted by Gasteiger charge is -2.18. The van der Waals surface area contributed by atoms with Gasteiger partial charge >= 0.3 is 5.97 Å². The second kappa shape index (κ2) is 9.16. The minimum atomic E-state index is -4.49. The first-order chi connectivity index (χ1) is 14.5. The Bertz CT molecular complexity index is 1210. The molecule has 31 heavy (non-hydrogen) atoms. The van der Waals surface area contributed by atoms with Crippen molar-refractivity contribution in [2.45, 2.75) is 56.0 Å². The van der Waals surface area contributed by atoms with Gasteiger partial charge in [0.05, 0.1) is 12.1 Å². The van der Waals surface area contributed by atoms with Gasteiger partial charge in [-0.15, -0.1) is 0 Å². The highest BCUT2D eigenvalue weighted by Crippen LogP contribution is 2.30. The van der Waals surface area contributed by atoms with Crippen molar-refractivity contribution in [3.63, 3.8) is 0 Å². The van der Waals surface area contributed by atoms with E-state index in [1.165, 1.54) is 31.3 Å². The number of hydrogen-bond acceptors (Lipinski definition) is 9. The summed E-state index contributed by atoms with van der Waals surface area (Å²) in [6, 6.07) is 9.26. The Morgan fingerprint density at radius 1 is 1.19 bits per heavy atom. The predicted molar refractivity (Wildman–Crippen MR) is 110 cm³/mol. The van der Waals surface area contributed by atoms with Crippen molar-refractivity contribution in [3.05, 3.63) is 30.5 Å². The Labute approximate surface area is 179 Å². The van der Waals surface area contributed by atoms with E-state index in [0.29, 0.717) is 6.42 Å². The third kappa shape index (κ3) is 5.81. The molecule has 0 radical (unpaired) electrons. The fourth-order valence-electron chi connectivity index (χ4n) is 2.47. The molecular weight excluding hydrogens is 422 g/mol. The van der Waals surface area contributed by atoms with Gasteiger partial charge in [-0.1, -0.05) is 6.92 Å². The van der Waals surface area contributed by atoms with E-state index in [0.717, 1.165) is 6.07 Å². The standard InChI is InChI=1S/C20H21N5O5S/c1-4-19(2,12-21)24-25-20(3,13-22)10-9-17(26)30-15-7-8-16(31(27,28)29)14-6-5-11-23-18(14)15/h5-8,11H,4,9-10H2,1-3H3,(H,27,28,29). The molecule has 0 fully saturated rings. The number of rotatable bonds is 8. The molecule has 0 spiro atoms. The number of ether oxygens (including phenoxy) is 1. The van der Waals surface area contributed by atoms with E-state index in [9.17, 15) is 28.3 Å². The molecule has 162 valence electrons. The Kier molecular flexibility index (Phi) is 7.05. The summed E-state index contributed by atoms with van der Waals surface area (Å²) in [5.74, 6) is -0.682. The zero-order valence-electron chi connectivity index (χ0n) is 17.2. The number of benzene rings is 1. The Morgan fingerprint density at radius 3 is 2.42 bits per heavy atom. The molecule has 2 rings (SSSR count). The summed E-state index contributed by atoms with van der Waals surface area (Å²) in [7, 11) is -4.49. The van der Waals surface area contributed by atoms with Crippen LogP contribution in [0, 0.1) is 22.7 Å². The molecule has 0 saturated heterocycles. The van der Waals surface area contributed by atoms with Crippen LogP contribution >= 0.6 is 0 Å². The van der Waals surface area contributed by atoms with Gasteiger partial charge in [-0.05, 0) is 51.0 Å². The maximum atomic E-state index is 12.4. The quantitative estimate of drug-likeness (QED) is 0.279. The Morgan fingerprint density at radius 2 is 1.84 bits per heavy atom. The Balaban J connectivity index is 2.20. The van der Waals surface area contributed by atoms with Gasteiger partial charge in [-0.3, -0.25) is 14.3 Å². The molecule has 0 bridgehead atoms. The van der Waals surface area contributed by atoms with Crippen molar-refractivity contribution < 1.29 is 22.5 Å². The second-order valence-corrected chi connectivity index (χ2v) is 8.63. The van der Waals surface area contributed by atoms with Gasteiger partial charge in [-0.2, -0.15) is 29.2 Å². The van der Waals surface area contributed by atoms with E-state index in [1.54, 1.807) is 13.8 Å². The third-order valence-corrected chi connectivity index (χ3v) is 5.58. The highest BCUT2D eigenvalue weighted by atomic mass is 32.2. The van der Waals surface area contributed by atoms with Crippen molar-refractivity contribution >= 4 is 27.0 Å².